The second kappa shape index (κ2) is 9.69. The number of hydrogen-bond acceptors (Lipinski definition) is 4. The predicted octanol–water partition coefficient (Wildman–Crippen LogP) is 3.52. The predicted molar refractivity (Wildman–Crippen MR) is 110 cm³/mol. The van der Waals surface area contributed by atoms with Crippen molar-refractivity contribution in [3.8, 4) is 11.5 Å². The molecule has 0 aromatic heterocycles. The van der Waals surface area contributed by atoms with Gasteiger partial charge in [0.15, 0.2) is 0 Å². The molecule has 3 aromatic rings. The first-order valence-electron chi connectivity index (χ1n) is 9.22. The Labute approximate surface area is 164 Å². The number of aliphatic hydroxyl groups is 1. The van der Waals surface area contributed by atoms with Crippen molar-refractivity contribution < 1.29 is 14.6 Å². The van der Waals surface area contributed by atoms with Gasteiger partial charge >= 0.3 is 0 Å². The highest BCUT2D eigenvalue weighted by Crippen LogP contribution is 2.25. The van der Waals surface area contributed by atoms with Gasteiger partial charge in [0.1, 0.15) is 17.5 Å². The van der Waals surface area contributed by atoms with Gasteiger partial charge in [0.2, 0.25) is 5.91 Å². The molecule has 5 heteroatoms. The molecule has 0 radical (unpaired) electrons. The van der Waals surface area contributed by atoms with Crippen molar-refractivity contribution in [2.24, 2.45) is 5.73 Å². The summed E-state index contributed by atoms with van der Waals surface area (Å²) in [5.74, 6) is 0.883. The summed E-state index contributed by atoms with van der Waals surface area (Å²) in [6.07, 6.45) is 1.97. The molecule has 3 rings (SSSR count). The third-order valence-corrected chi connectivity index (χ3v) is 4.34. The minimum Gasteiger partial charge on any atom is -0.457 e. The second-order valence-electron chi connectivity index (χ2n) is 6.54. The zero-order valence-corrected chi connectivity index (χ0v) is 15.5. The number of hydrogen-bond donors (Lipinski definition) is 3. The van der Waals surface area contributed by atoms with Crippen LogP contribution in [-0.4, -0.2) is 23.7 Å². The molecule has 144 valence electrons. The lowest BCUT2D eigenvalue weighted by molar-refractivity contribution is -0.118. The maximum absolute atomic E-state index is 11.8. The van der Waals surface area contributed by atoms with E-state index >= 15 is 0 Å². The molecule has 0 saturated carbocycles. The normalized spacial score (nSPS) is 11.6. The standard InChI is InChI=1S/C23H24N2O3/c24-22(16-26)23(27)25-19-7-4-8-21(15-19)28-20-13-11-18(12-14-20)10-9-17-5-2-1-3-6-17/h1-8,11-15,22,26H,9-10,16,24H2,(H,25,27)/t22-/m1/s1. The van der Waals surface area contributed by atoms with Gasteiger partial charge in [0.05, 0.1) is 6.61 Å². The second-order valence-corrected chi connectivity index (χ2v) is 6.54. The fraction of sp³-hybridized carbons (Fsp3) is 0.174. The minimum absolute atomic E-state index is 0.404. The third kappa shape index (κ3) is 5.67. The third-order valence-electron chi connectivity index (χ3n) is 4.34. The monoisotopic (exact) mass is 376 g/mol. The summed E-state index contributed by atoms with van der Waals surface area (Å²) in [5.41, 5.74) is 8.64. The van der Waals surface area contributed by atoms with Crippen molar-refractivity contribution >= 4 is 11.6 Å². The molecule has 0 bridgehead atoms. The number of benzene rings is 3. The zero-order chi connectivity index (χ0) is 19.8. The molecular formula is C23H24N2O3. The summed E-state index contributed by atoms with van der Waals surface area (Å²) in [4.78, 5) is 11.8. The Bertz CT molecular complexity index is 895. The van der Waals surface area contributed by atoms with E-state index in [1.54, 1.807) is 18.2 Å². The van der Waals surface area contributed by atoms with E-state index in [1.165, 1.54) is 11.1 Å². The Morgan fingerprint density at radius 1 is 0.893 bits per heavy atom. The number of nitrogens with two attached hydrogens (primary N) is 1. The molecule has 0 saturated heterocycles. The Morgan fingerprint density at radius 2 is 1.57 bits per heavy atom. The number of aliphatic hydroxyl groups excluding tert-OH is 1. The van der Waals surface area contributed by atoms with Gasteiger partial charge in [-0.15, -0.1) is 0 Å². The van der Waals surface area contributed by atoms with Crippen molar-refractivity contribution in [1.29, 1.82) is 0 Å². The van der Waals surface area contributed by atoms with Crippen LogP contribution in [0, 0.1) is 0 Å². The van der Waals surface area contributed by atoms with Crippen LogP contribution in [-0.2, 0) is 17.6 Å². The topological polar surface area (TPSA) is 84.6 Å². The van der Waals surface area contributed by atoms with Crippen LogP contribution in [0.15, 0.2) is 78.9 Å². The molecule has 0 spiro atoms. The summed E-state index contributed by atoms with van der Waals surface area (Å²) in [6.45, 7) is -0.404. The van der Waals surface area contributed by atoms with Crippen LogP contribution in [0.1, 0.15) is 11.1 Å². The molecule has 0 aliphatic carbocycles. The molecule has 1 amide bonds. The number of ether oxygens (including phenoxy) is 1. The average Bonchev–Trinajstić information content (AvgIpc) is 2.73. The fourth-order valence-electron chi connectivity index (χ4n) is 2.75. The number of carbonyl (C=O) groups is 1. The van der Waals surface area contributed by atoms with Gasteiger partial charge < -0.3 is 20.9 Å². The molecule has 5 nitrogen and oxygen atoms in total. The van der Waals surface area contributed by atoms with Crippen LogP contribution in [0.25, 0.3) is 0 Å². The first-order valence-corrected chi connectivity index (χ1v) is 9.22. The van der Waals surface area contributed by atoms with Crippen LogP contribution in [0.4, 0.5) is 5.69 Å². The largest absolute Gasteiger partial charge is 0.457 e. The van der Waals surface area contributed by atoms with Crippen LogP contribution >= 0.6 is 0 Å². The Morgan fingerprint density at radius 3 is 2.25 bits per heavy atom. The highest BCUT2D eigenvalue weighted by Gasteiger charge is 2.12. The van der Waals surface area contributed by atoms with E-state index in [0.29, 0.717) is 11.4 Å². The molecular weight excluding hydrogens is 352 g/mol. The molecule has 0 heterocycles. The Hall–Kier alpha value is -3.15. The maximum atomic E-state index is 11.8. The van der Waals surface area contributed by atoms with Crippen molar-refractivity contribution in [2.75, 3.05) is 11.9 Å². The molecule has 0 aliphatic rings. The van der Waals surface area contributed by atoms with Crippen LogP contribution in [0.5, 0.6) is 11.5 Å². The van der Waals surface area contributed by atoms with Gasteiger partial charge in [-0.2, -0.15) is 0 Å². The van der Waals surface area contributed by atoms with E-state index in [0.717, 1.165) is 18.6 Å². The number of rotatable bonds is 8. The lowest BCUT2D eigenvalue weighted by Crippen LogP contribution is -2.38. The number of aryl methyl sites for hydroxylation is 2. The number of amides is 1. The zero-order valence-electron chi connectivity index (χ0n) is 15.5. The summed E-state index contributed by atoms with van der Waals surface area (Å²) < 4.78 is 5.87. The van der Waals surface area contributed by atoms with E-state index in [2.05, 4.69) is 41.7 Å². The SMILES string of the molecule is N[C@H](CO)C(=O)Nc1cccc(Oc2ccc(CCc3ccccc3)cc2)c1. The van der Waals surface area contributed by atoms with Crippen LogP contribution in [0.3, 0.4) is 0 Å². The summed E-state index contributed by atoms with van der Waals surface area (Å²) >= 11 is 0. The molecule has 4 N–H and O–H groups in total. The smallest absolute Gasteiger partial charge is 0.243 e. The van der Waals surface area contributed by atoms with Crippen molar-refractivity contribution in [1.82, 2.24) is 0 Å². The quantitative estimate of drug-likeness (QED) is 0.562. The van der Waals surface area contributed by atoms with Gasteiger partial charge in [-0.1, -0.05) is 48.5 Å². The summed E-state index contributed by atoms with van der Waals surface area (Å²) in [7, 11) is 0. The van der Waals surface area contributed by atoms with Gasteiger partial charge in [0.25, 0.3) is 0 Å². The average molecular weight is 376 g/mol. The van der Waals surface area contributed by atoms with Crippen molar-refractivity contribution in [3.05, 3.63) is 90.0 Å². The lowest BCUT2D eigenvalue weighted by atomic mass is 10.0. The van der Waals surface area contributed by atoms with E-state index in [9.17, 15) is 4.79 Å². The van der Waals surface area contributed by atoms with E-state index in [-0.39, 0.29) is 0 Å². The summed E-state index contributed by atoms with van der Waals surface area (Å²) in [6, 6.07) is 24.5. The highest BCUT2D eigenvalue weighted by molar-refractivity contribution is 5.94. The molecule has 28 heavy (non-hydrogen) atoms. The van der Waals surface area contributed by atoms with Gasteiger partial charge in [-0.05, 0) is 48.2 Å². The fourth-order valence-corrected chi connectivity index (χ4v) is 2.75. The van der Waals surface area contributed by atoms with E-state index in [1.807, 2.05) is 24.3 Å². The molecule has 0 unspecified atom stereocenters. The molecule has 0 fully saturated rings. The first-order chi connectivity index (χ1) is 13.6. The minimum atomic E-state index is -0.951. The first kappa shape index (κ1) is 19.6. The summed E-state index contributed by atoms with van der Waals surface area (Å²) in [5, 5.41) is 11.6. The van der Waals surface area contributed by atoms with E-state index < -0.39 is 18.6 Å². The van der Waals surface area contributed by atoms with Crippen LogP contribution in [0.2, 0.25) is 0 Å². The van der Waals surface area contributed by atoms with Gasteiger partial charge in [-0.3, -0.25) is 4.79 Å². The number of anilines is 1. The molecule has 0 aliphatic heterocycles. The maximum Gasteiger partial charge on any atom is 0.243 e. The Balaban J connectivity index is 1.58. The van der Waals surface area contributed by atoms with Crippen molar-refractivity contribution in [2.45, 2.75) is 18.9 Å². The van der Waals surface area contributed by atoms with E-state index in [4.69, 9.17) is 15.6 Å². The van der Waals surface area contributed by atoms with Crippen LogP contribution < -0.4 is 15.8 Å². The highest BCUT2D eigenvalue weighted by atomic mass is 16.5. The van der Waals surface area contributed by atoms with Gasteiger partial charge in [-0.25, -0.2) is 0 Å². The van der Waals surface area contributed by atoms with Crippen molar-refractivity contribution in [3.63, 3.8) is 0 Å². The Kier molecular flexibility index (Phi) is 6.78. The lowest BCUT2D eigenvalue weighted by Gasteiger charge is -2.11. The molecule has 3 aromatic carbocycles. The molecule has 1 atom stereocenters. The van der Waals surface area contributed by atoms with Gasteiger partial charge in [0, 0.05) is 11.8 Å². The number of nitrogens with one attached hydrogen (secondary N) is 1. The number of carbonyl (C=O) groups excluding carboxylic acids is 1.